The predicted molar refractivity (Wildman–Crippen MR) is 176 cm³/mol. The summed E-state index contributed by atoms with van der Waals surface area (Å²) in [5.74, 6) is -1.09. The van der Waals surface area contributed by atoms with E-state index in [0.29, 0.717) is 5.69 Å². The van der Waals surface area contributed by atoms with Gasteiger partial charge in [0.1, 0.15) is 18.4 Å². The van der Waals surface area contributed by atoms with E-state index >= 15 is 0 Å². The van der Waals surface area contributed by atoms with Gasteiger partial charge in [0, 0.05) is 25.2 Å². The number of benzene rings is 2. The number of ether oxygens (including phenoxy) is 2. The van der Waals surface area contributed by atoms with Crippen LogP contribution in [0.5, 0.6) is 0 Å². The summed E-state index contributed by atoms with van der Waals surface area (Å²) in [5.41, 5.74) is 4.71. The predicted octanol–water partition coefficient (Wildman–Crippen LogP) is 3.29. The number of rotatable bonds is 15. The molecule has 23 nitrogen and oxygen atoms in total. The first-order valence-electron chi connectivity index (χ1n) is 14.7. The summed E-state index contributed by atoms with van der Waals surface area (Å²) in [5, 5.41) is 14.1. The lowest BCUT2D eigenvalue weighted by Gasteiger charge is -2.22. The Balaban J connectivity index is 1.30. The number of nitro benzene ring substituents is 1. The lowest BCUT2D eigenvalue weighted by Crippen LogP contribution is -2.31. The van der Waals surface area contributed by atoms with Gasteiger partial charge in [-0.1, -0.05) is 24.3 Å². The first-order valence-corrected chi connectivity index (χ1v) is 19.2. The van der Waals surface area contributed by atoms with Crippen LogP contribution < -0.4 is 16.6 Å². The Hall–Kier alpha value is -4.37. The molecular formula is C26H30N7O16P3. The van der Waals surface area contributed by atoms with E-state index in [1.807, 2.05) is 0 Å². The number of hydrogen-bond donors (Lipinski definition) is 6. The van der Waals surface area contributed by atoms with Crippen LogP contribution >= 0.6 is 23.5 Å². The number of aromatic nitrogens is 4. The molecule has 1 aliphatic heterocycles. The topological polar surface area (TPSA) is 329 Å². The van der Waals surface area contributed by atoms with Crippen molar-refractivity contribution in [1.82, 2.24) is 19.5 Å². The highest BCUT2D eigenvalue weighted by Crippen LogP contribution is 2.68. The van der Waals surface area contributed by atoms with Crippen molar-refractivity contribution < 1.29 is 65.2 Å². The van der Waals surface area contributed by atoms with Crippen LogP contribution in [0.15, 0.2) is 59.7 Å². The number of nitro groups is 1. The fourth-order valence-electron chi connectivity index (χ4n) is 5.12. The average molecular weight is 789 g/mol. The van der Waals surface area contributed by atoms with Crippen LogP contribution in [-0.4, -0.2) is 71.0 Å². The third-order valence-corrected chi connectivity index (χ3v) is 11.7. The Bertz CT molecular complexity index is 2200. The molecule has 7 atom stereocenters. The van der Waals surface area contributed by atoms with Gasteiger partial charge in [0.25, 0.3) is 11.2 Å². The van der Waals surface area contributed by atoms with Gasteiger partial charge in [-0.15, -0.1) is 0 Å². The molecule has 280 valence electrons. The number of para-hydroxylation sites is 2. The molecule has 0 amide bonds. The Morgan fingerprint density at radius 3 is 2.52 bits per heavy atom. The maximum absolute atomic E-state index is 13.2. The van der Waals surface area contributed by atoms with Crippen molar-refractivity contribution in [2.24, 2.45) is 0 Å². The number of aromatic amines is 1. The van der Waals surface area contributed by atoms with Crippen LogP contribution in [0.3, 0.4) is 0 Å². The van der Waals surface area contributed by atoms with E-state index in [-0.39, 0.29) is 34.7 Å². The highest BCUT2D eigenvalue weighted by molar-refractivity contribution is 7.66. The molecule has 3 heterocycles. The first kappa shape index (κ1) is 38.9. The number of nitrogen functional groups attached to an aromatic ring is 1. The maximum Gasteiger partial charge on any atom is 0.490 e. The molecule has 0 spiro atoms. The fraction of sp³-hybridized carbons (Fsp3) is 0.308. The van der Waals surface area contributed by atoms with Crippen LogP contribution in [0.4, 0.5) is 17.3 Å². The number of carbonyl (C=O) groups excluding carboxylic acids is 1. The summed E-state index contributed by atoms with van der Waals surface area (Å²) in [4.78, 5) is 76.8. The normalized spacial score (nSPS) is 21.4. The number of carbonyl (C=O) groups is 1. The summed E-state index contributed by atoms with van der Waals surface area (Å²) < 4.78 is 68.7. The van der Waals surface area contributed by atoms with E-state index < -0.39 is 76.8 Å². The second kappa shape index (κ2) is 15.3. The molecule has 5 rings (SSSR count). The van der Waals surface area contributed by atoms with Gasteiger partial charge in [-0.2, -0.15) is 13.6 Å². The molecule has 26 heteroatoms. The van der Waals surface area contributed by atoms with E-state index in [1.165, 1.54) is 35.2 Å². The summed E-state index contributed by atoms with van der Waals surface area (Å²) in [7, 11) is -15.7. The van der Waals surface area contributed by atoms with Crippen molar-refractivity contribution in [2.45, 2.75) is 37.9 Å². The van der Waals surface area contributed by atoms with Gasteiger partial charge in [-0.05, 0) is 25.1 Å². The number of phosphoric acid groups is 3. The standard InChI is InChI=1S/C26H30N7O16P3/c1-14(15-7-4-6-10-18(15)33(36)37)47-51(40,41)49-52(42,43)48-50(38,39)44-12-20-19(46-25(35)16-8-3-5-9-17(16)28-2)11-21(45-20)32-13-29-22-23(32)30-26(27)31-24(22)34/h3-10,13-14,19-21,28H,11-12H2,1-2H3,(H,38,39)(H,40,41)(H,42,43)(H3,27,30,31,34)/t14?,19-,20+,21+/m0/s1. The second-order valence-corrected chi connectivity index (χ2v) is 15.4. The minimum atomic E-state index is -5.96. The largest absolute Gasteiger partial charge is 0.490 e. The van der Waals surface area contributed by atoms with E-state index in [0.717, 1.165) is 13.0 Å². The van der Waals surface area contributed by atoms with Gasteiger partial charge in [0.2, 0.25) is 5.95 Å². The highest BCUT2D eigenvalue weighted by Gasteiger charge is 2.46. The highest BCUT2D eigenvalue weighted by atomic mass is 31.3. The fourth-order valence-corrected chi connectivity index (χ4v) is 8.78. The zero-order chi connectivity index (χ0) is 38.0. The number of anilines is 2. The van der Waals surface area contributed by atoms with E-state index in [2.05, 4.69) is 28.9 Å². The lowest BCUT2D eigenvalue weighted by atomic mass is 10.1. The number of nitrogens with zero attached hydrogens (tertiary/aromatic N) is 4. The van der Waals surface area contributed by atoms with Crippen molar-refractivity contribution in [1.29, 1.82) is 0 Å². The van der Waals surface area contributed by atoms with E-state index in [9.17, 15) is 48.1 Å². The molecule has 4 unspecified atom stereocenters. The van der Waals surface area contributed by atoms with E-state index in [1.54, 1.807) is 25.2 Å². The minimum Gasteiger partial charge on any atom is -0.456 e. The third kappa shape index (κ3) is 9.16. The number of esters is 1. The van der Waals surface area contributed by atoms with Gasteiger partial charge in [-0.3, -0.25) is 33.5 Å². The molecule has 0 radical (unpaired) electrons. The van der Waals surface area contributed by atoms with Crippen molar-refractivity contribution in [3.63, 3.8) is 0 Å². The Morgan fingerprint density at radius 1 is 1.13 bits per heavy atom. The van der Waals surface area contributed by atoms with Gasteiger partial charge in [0.05, 0.1) is 35.1 Å². The number of phosphoric ester groups is 2. The number of fused-ring (bicyclic) bond motifs is 1. The molecule has 1 saturated heterocycles. The molecule has 0 saturated carbocycles. The average Bonchev–Trinajstić information content (AvgIpc) is 3.66. The van der Waals surface area contributed by atoms with Crippen molar-refractivity contribution >= 4 is 57.9 Å². The summed E-state index contributed by atoms with van der Waals surface area (Å²) in [6.45, 7) is 0.142. The van der Waals surface area contributed by atoms with Gasteiger partial charge >= 0.3 is 29.4 Å². The summed E-state index contributed by atoms with van der Waals surface area (Å²) in [6.07, 6.45) is -4.25. The SMILES string of the molecule is CNc1ccccc1C(=O)O[C@H]1C[C@H](n2cnc3c(=O)[nH]c(N)nc32)O[C@@H]1COP(=O)(O)OP(=O)(O)OP(=O)(O)OC(C)c1ccccc1[N+](=O)[O-]. The number of nitrogens with two attached hydrogens (primary N) is 1. The van der Waals surface area contributed by atoms with Crippen molar-refractivity contribution in [3.8, 4) is 0 Å². The molecule has 1 aliphatic rings. The Morgan fingerprint density at radius 2 is 1.81 bits per heavy atom. The first-order chi connectivity index (χ1) is 24.4. The van der Waals surface area contributed by atoms with Crippen LogP contribution in [0.25, 0.3) is 11.2 Å². The zero-order valence-electron chi connectivity index (χ0n) is 26.8. The van der Waals surface area contributed by atoms with Gasteiger partial charge in [-0.25, -0.2) is 23.5 Å². The van der Waals surface area contributed by atoms with Crippen LogP contribution in [0, 0.1) is 10.1 Å². The molecule has 7 N–H and O–H groups in total. The monoisotopic (exact) mass is 789 g/mol. The van der Waals surface area contributed by atoms with Crippen LogP contribution in [-0.2, 0) is 40.8 Å². The summed E-state index contributed by atoms with van der Waals surface area (Å²) >= 11 is 0. The third-order valence-electron chi connectivity index (χ3n) is 7.29. The molecule has 2 aromatic heterocycles. The van der Waals surface area contributed by atoms with Crippen LogP contribution in [0.1, 0.15) is 41.6 Å². The van der Waals surface area contributed by atoms with Gasteiger partial charge < -0.3 is 35.2 Å². The van der Waals surface area contributed by atoms with E-state index in [4.69, 9.17) is 24.3 Å². The van der Waals surface area contributed by atoms with Crippen LogP contribution in [0.2, 0.25) is 0 Å². The number of nitrogens with one attached hydrogen (secondary N) is 2. The molecular weight excluding hydrogens is 759 g/mol. The van der Waals surface area contributed by atoms with Gasteiger partial charge in [0.15, 0.2) is 11.2 Å². The molecule has 0 bridgehead atoms. The molecule has 52 heavy (non-hydrogen) atoms. The number of H-pyrrole nitrogens is 1. The maximum atomic E-state index is 13.2. The minimum absolute atomic E-state index is 0.0141. The molecule has 4 aromatic rings. The Kier molecular flexibility index (Phi) is 11.4. The second-order valence-electron chi connectivity index (χ2n) is 10.8. The molecule has 2 aromatic carbocycles. The van der Waals surface area contributed by atoms with Crippen molar-refractivity contribution in [2.75, 3.05) is 24.7 Å². The lowest BCUT2D eigenvalue weighted by molar-refractivity contribution is -0.386. The molecule has 1 fully saturated rings. The smallest absolute Gasteiger partial charge is 0.456 e. The summed E-state index contributed by atoms with van der Waals surface area (Å²) in [6, 6.07) is 11.3. The number of imidazole rings is 1. The Labute approximate surface area is 291 Å². The molecule has 0 aliphatic carbocycles. The van der Waals surface area contributed by atoms with Crippen molar-refractivity contribution in [3.05, 3.63) is 86.5 Å². The quantitative estimate of drug-likeness (QED) is 0.0435. The number of hydrogen-bond acceptors (Lipinski definition) is 17. The zero-order valence-corrected chi connectivity index (χ0v) is 29.5.